The van der Waals surface area contributed by atoms with E-state index in [1.807, 2.05) is 43.0 Å². The summed E-state index contributed by atoms with van der Waals surface area (Å²) in [5, 5.41) is 0. The minimum atomic E-state index is -0.469. The second-order valence-electron chi connectivity index (χ2n) is 7.74. The molecule has 0 bridgehead atoms. The summed E-state index contributed by atoms with van der Waals surface area (Å²) in [6.07, 6.45) is 0.784. The first-order valence-electron chi connectivity index (χ1n) is 10.7. The summed E-state index contributed by atoms with van der Waals surface area (Å²) < 4.78 is 43.0. The molecule has 2 aromatic carbocycles. The van der Waals surface area contributed by atoms with Crippen molar-refractivity contribution in [3.63, 3.8) is 0 Å². The van der Waals surface area contributed by atoms with E-state index in [2.05, 4.69) is 4.98 Å². The number of imidazole rings is 1. The van der Waals surface area contributed by atoms with Gasteiger partial charge in [-0.25, -0.2) is 9.37 Å². The molecule has 4 aromatic rings. The van der Waals surface area contributed by atoms with Crippen LogP contribution in [0.15, 0.2) is 54.6 Å². The number of ether oxygens (including phenoxy) is 2. The predicted octanol–water partition coefficient (Wildman–Crippen LogP) is 5.91. The molecule has 0 amide bonds. The fraction of sp³-hybridized carbons (Fsp3) is 0.240. The van der Waals surface area contributed by atoms with E-state index < -0.39 is 11.8 Å². The van der Waals surface area contributed by atoms with Gasteiger partial charge in [0.1, 0.15) is 36.2 Å². The lowest BCUT2D eigenvalue weighted by Crippen LogP contribution is -2.22. The van der Waals surface area contributed by atoms with Gasteiger partial charge in [0.15, 0.2) is 11.5 Å². The van der Waals surface area contributed by atoms with Crippen LogP contribution in [0.1, 0.15) is 18.9 Å². The van der Waals surface area contributed by atoms with Gasteiger partial charge in [-0.1, -0.05) is 25.1 Å². The SMILES string of the molecule is CCCN(c1ccc2c(c1)OCCO2)c1c(-c2c(C)cccc2F)nc2cccc(F)n12. The standard InChI is InChI=1S/C25H23F2N3O2/c1-3-12-29(17-10-11-19-20(15-17)32-14-13-31-19)25-24(23-16(2)6-4-7-18(23)26)28-22-9-5-8-21(27)30(22)25/h4-11,15H,3,12-14H2,1-2H3. The Bertz CT molecular complexity index is 1280. The summed E-state index contributed by atoms with van der Waals surface area (Å²) in [4.78, 5) is 6.63. The van der Waals surface area contributed by atoms with E-state index >= 15 is 8.78 Å². The third-order valence-electron chi connectivity index (χ3n) is 5.57. The Morgan fingerprint density at radius 1 is 1.00 bits per heavy atom. The molecule has 3 heterocycles. The maximum atomic E-state index is 15.1. The molecule has 0 N–H and O–H groups in total. The molecule has 1 aliphatic rings. The number of halogens is 2. The molecule has 5 nitrogen and oxygen atoms in total. The van der Waals surface area contributed by atoms with E-state index in [0.717, 1.165) is 17.7 Å². The number of anilines is 2. The molecule has 0 radical (unpaired) electrons. The number of aryl methyl sites for hydroxylation is 1. The molecule has 0 aliphatic carbocycles. The molecule has 0 atom stereocenters. The van der Waals surface area contributed by atoms with Crippen molar-refractivity contribution in [3.05, 3.63) is 71.9 Å². The third kappa shape index (κ3) is 3.34. The normalized spacial score (nSPS) is 12.9. The Hall–Kier alpha value is -3.61. The van der Waals surface area contributed by atoms with Crippen molar-refractivity contribution >= 4 is 17.2 Å². The zero-order valence-corrected chi connectivity index (χ0v) is 17.9. The van der Waals surface area contributed by atoms with Crippen molar-refractivity contribution in [2.45, 2.75) is 20.3 Å². The first kappa shape index (κ1) is 20.3. The fourth-order valence-corrected chi connectivity index (χ4v) is 4.17. The third-order valence-corrected chi connectivity index (χ3v) is 5.57. The Balaban J connectivity index is 1.79. The lowest BCUT2D eigenvalue weighted by Gasteiger charge is -2.27. The quantitative estimate of drug-likeness (QED) is 0.366. The number of aromatic nitrogens is 2. The summed E-state index contributed by atoms with van der Waals surface area (Å²) in [5.74, 6) is 0.918. The van der Waals surface area contributed by atoms with Crippen LogP contribution in [0.3, 0.4) is 0 Å². The summed E-state index contributed by atoms with van der Waals surface area (Å²) in [7, 11) is 0. The van der Waals surface area contributed by atoms with Crippen LogP contribution in [0.4, 0.5) is 20.3 Å². The van der Waals surface area contributed by atoms with Gasteiger partial charge < -0.3 is 14.4 Å². The van der Waals surface area contributed by atoms with Crippen LogP contribution < -0.4 is 14.4 Å². The van der Waals surface area contributed by atoms with Crippen LogP contribution in [-0.2, 0) is 0 Å². The van der Waals surface area contributed by atoms with Gasteiger partial charge in [-0.3, -0.25) is 4.40 Å². The van der Waals surface area contributed by atoms with Crippen molar-refractivity contribution in [1.29, 1.82) is 0 Å². The number of hydrogen-bond donors (Lipinski definition) is 0. The minimum Gasteiger partial charge on any atom is -0.486 e. The molecule has 164 valence electrons. The number of nitrogens with zero attached hydrogens (tertiary/aromatic N) is 3. The highest BCUT2D eigenvalue weighted by molar-refractivity contribution is 5.83. The van der Waals surface area contributed by atoms with Crippen LogP contribution >= 0.6 is 0 Å². The zero-order chi connectivity index (χ0) is 22.2. The molecule has 0 spiro atoms. The van der Waals surface area contributed by atoms with E-state index in [4.69, 9.17) is 9.47 Å². The summed E-state index contributed by atoms with van der Waals surface area (Å²) in [6, 6.07) is 15.2. The Morgan fingerprint density at radius 2 is 1.78 bits per heavy atom. The number of hydrogen-bond acceptors (Lipinski definition) is 4. The molecule has 0 saturated carbocycles. The van der Waals surface area contributed by atoms with Crippen LogP contribution in [0, 0.1) is 18.7 Å². The van der Waals surface area contributed by atoms with Gasteiger partial charge in [0.2, 0.25) is 5.95 Å². The maximum Gasteiger partial charge on any atom is 0.201 e. The van der Waals surface area contributed by atoms with Crippen LogP contribution in [0.5, 0.6) is 11.5 Å². The summed E-state index contributed by atoms with van der Waals surface area (Å²) in [6.45, 7) is 5.41. The van der Waals surface area contributed by atoms with Gasteiger partial charge >= 0.3 is 0 Å². The highest BCUT2D eigenvalue weighted by atomic mass is 19.1. The van der Waals surface area contributed by atoms with Gasteiger partial charge in [0.05, 0.1) is 0 Å². The smallest absolute Gasteiger partial charge is 0.201 e. The number of pyridine rings is 1. The summed E-state index contributed by atoms with van der Waals surface area (Å²) >= 11 is 0. The van der Waals surface area contributed by atoms with Gasteiger partial charge in [-0.05, 0) is 49.2 Å². The predicted molar refractivity (Wildman–Crippen MR) is 120 cm³/mol. The Kier molecular flexibility index (Phi) is 5.17. The second-order valence-corrected chi connectivity index (χ2v) is 7.74. The van der Waals surface area contributed by atoms with Crippen molar-refractivity contribution in [1.82, 2.24) is 9.38 Å². The molecule has 0 saturated heterocycles. The Morgan fingerprint density at radius 3 is 2.56 bits per heavy atom. The molecule has 5 rings (SSSR count). The van der Waals surface area contributed by atoms with Crippen molar-refractivity contribution < 1.29 is 18.3 Å². The van der Waals surface area contributed by atoms with E-state index in [0.29, 0.717) is 54.0 Å². The van der Waals surface area contributed by atoms with Crippen molar-refractivity contribution in [2.75, 3.05) is 24.7 Å². The van der Waals surface area contributed by atoms with E-state index in [1.165, 1.54) is 16.5 Å². The zero-order valence-electron chi connectivity index (χ0n) is 17.9. The van der Waals surface area contributed by atoms with Gasteiger partial charge in [-0.2, -0.15) is 4.39 Å². The number of rotatable bonds is 5. The first-order valence-corrected chi connectivity index (χ1v) is 10.7. The Labute approximate surface area is 184 Å². The molecule has 1 aliphatic heterocycles. The number of fused-ring (bicyclic) bond motifs is 2. The average molecular weight is 435 g/mol. The second kappa shape index (κ2) is 8.15. The van der Waals surface area contributed by atoms with Crippen molar-refractivity contribution in [2.24, 2.45) is 0 Å². The molecular formula is C25H23F2N3O2. The van der Waals surface area contributed by atoms with E-state index in [1.54, 1.807) is 18.2 Å². The molecule has 2 aromatic heterocycles. The average Bonchev–Trinajstić information content (AvgIpc) is 3.17. The minimum absolute atomic E-state index is 0.365. The maximum absolute atomic E-state index is 15.1. The molecular weight excluding hydrogens is 412 g/mol. The summed E-state index contributed by atoms with van der Waals surface area (Å²) in [5.41, 5.74) is 2.69. The van der Waals surface area contributed by atoms with E-state index in [9.17, 15) is 0 Å². The largest absolute Gasteiger partial charge is 0.486 e. The highest BCUT2D eigenvalue weighted by Crippen LogP contribution is 2.41. The van der Waals surface area contributed by atoms with Crippen LogP contribution in [0.2, 0.25) is 0 Å². The van der Waals surface area contributed by atoms with Crippen molar-refractivity contribution in [3.8, 4) is 22.8 Å². The first-order chi connectivity index (χ1) is 15.6. The lowest BCUT2D eigenvalue weighted by molar-refractivity contribution is 0.171. The lowest BCUT2D eigenvalue weighted by atomic mass is 10.0. The monoisotopic (exact) mass is 435 g/mol. The molecule has 0 fully saturated rings. The topological polar surface area (TPSA) is 39.0 Å². The van der Waals surface area contributed by atoms with Crippen LogP contribution in [-0.4, -0.2) is 29.1 Å². The molecule has 32 heavy (non-hydrogen) atoms. The molecule has 7 heteroatoms. The fourth-order valence-electron chi connectivity index (χ4n) is 4.17. The van der Waals surface area contributed by atoms with E-state index in [-0.39, 0.29) is 0 Å². The van der Waals surface area contributed by atoms with Crippen LogP contribution in [0.25, 0.3) is 16.9 Å². The molecule has 0 unspecified atom stereocenters. The van der Waals surface area contributed by atoms with Gasteiger partial charge in [-0.15, -0.1) is 0 Å². The van der Waals surface area contributed by atoms with Gasteiger partial charge in [0.25, 0.3) is 0 Å². The van der Waals surface area contributed by atoms with Gasteiger partial charge in [0, 0.05) is 23.9 Å². The highest BCUT2D eigenvalue weighted by Gasteiger charge is 2.26. The number of benzene rings is 2.